The van der Waals surface area contributed by atoms with Gasteiger partial charge < -0.3 is 9.84 Å². The summed E-state index contributed by atoms with van der Waals surface area (Å²) in [6, 6.07) is 23.9. The number of anilines is 1. The van der Waals surface area contributed by atoms with E-state index >= 15 is 0 Å². The fraction of sp³-hybridized carbons (Fsp3) is 0.174. The van der Waals surface area contributed by atoms with Gasteiger partial charge in [-0.3, -0.25) is 5.32 Å². The lowest BCUT2D eigenvalue weighted by Gasteiger charge is -2.14. The van der Waals surface area contributed by atoms with Gasteiger partial charge in [0, 0.05) is 18.2 Å². The molecule has 136 valence electrons. The van der Waals surface area contributed by atoms with E-state index < -0.39 is 6.09 Å². The summed E-state index contributed by atoms with van der Waals surface area (Å²) < 4.78 is 5.53. The average Bonchev–Trinajstić information content (AvgIpc) is 3.02. The van der Waals surface area contributed by atoms with Crippen molar-refractivity contribution in [3.8, 4) is 11.1 Å². The first-order valence-electron chi connectivity index (χ1n) is 9.08. The second-order valence-corrected chi connectivity index (χ2v) is 6.62. The van der Waals surface area contributed by atoms with Crippen LogP contribution in [0, 0.1) is 0 Å². The van der Waals surface area contributed by atoms with E-state index in [2.05, 4.69) is 29.6 Å². The molecule has 0 radical (unpaired) electrons. The van der Waals surface area contributed by atoms with Crippen molar-refractivity contribution in [2.24, 2.45) is 0 Å². The van der Waals surface area contributed by atoms with Gasteiger partial charge in [-0.25, -0.2) is 4.79 Å². The molecule has 0 atom stereocenters. The maximum atomic E-state index is 12.2. The first kappa shape index (κ1) is 17.3. The van der Waals surface area contributed by atoms with Crippen LogP contribution in [0.4, 0.5) is 10.5 Å². The number of aliphatic hydroxyl groups is 1. The lowest BCUT2D eigenvalue weighted by atomic mass is 9.98. The third-order valence-corrected chi connectivity index (χ3v) is 4.94. The van der Waals surface area contributed by atoms with Gasteiger partial charge in [0.1, 0.15) is 6.61 Å². The predicted molar refractivity (Wildman–Crippen MR) is 106 cm³/mol. The summed E-state index contributed by atoms with van der Waals surface area (Å²) in [7, 11) is 0. The highest BCUT2D eigenvalue weighted by Crippen LogP contribution is 2.44. The summed E-state index contributed by atoms with van der Waals surface area (Å²) in [5, 5.41) is 11.7. The predicted octanol–water partition coefficient (Wildman–Crippen LogP) is 4.58. The molecule has 4 nitrogen and oxygen atoms in total. The minimum Gasteiger partial charge on any atom is -0.448 e. The fourth-order valence-corrected chi connectivity index (χ4v) is 3.64. The molecular weight excluding hydrogens is 338 g/mol. The number of hydrogen-bond donors (Lipinski definition) is 2. The Hall–Kier alpha value is -3.11. The quantitative estimate of drug-likeness (QED) is 0.701. The number of carbonyl (C=O) groups is 1. The zero-order valence-electron chi connectivity index (χ0n) is 14.9. The Bertz CT molecular complexity index is 904. The molecule has 27 heavy (non-hydrogen) atoms. The van der Waals surface area contributed by atoms with Crippen LogP contribution in [0.15, 0.2) is 72.8 Å². The maximum absolute atomic E-state index is 12.2. The SMILES string of the molecule is O=C(Nc1ccc(CCO)cc1)OCC1c2ccccc2-c2ccccc21. The molecule has 0 aliphatic heterocycles. The van der Waals surface area contributed by atoms with Gasteiger partial charge in [-0.2, -0.15) is 0 Å². The number of carbonyl (C=O) groups excluding carboxylic acids is 1. The van der Waals surface area contributed by atoms with Crippen molar-refractivity contribution >= 4 is 11.8 Å². The lowest BCUT2D eigenvalue weighted by molar-refractivity contribution is 0.158. The Morgan fingerprint density at radius 3 is 2.07 bits per heavy atom. The Balaban J connectivity index is 1.43. The van der Waals surface area contributed by atoms with Gasteiger partial charge in [0.15, 0.2) is 0 Å². The minimum atomic E-state index is -0.466. The molecule has 1 aliphatic carbocycles. The second kappa shape index (κ2) is 7.64. The molecule has 1 aliphatic rings. The number of aliphatic hydroxyl groups excluding tert-OH is 1. The highest BCUT2D eigenvalue weighted by molar-refractivity contribution is 5.85. The van der Waals surface area contributed by atoms with Crippen LogP contribution in [0.1, 0.15) is 22.6 Å². The number of fused-ring (bicyclic) bond motifs is 3. The third-order valence-electron chi connectivity index (χ3n) is 4.94. The fourth-order valence-electron chi connectivity index (χ4n) is 3.64. The topological polar surface area (TPSA) is 58.6 Å². The summed E-state index contributed by atoms with van der Waals surface area (Å²) >= 11 is 0. The van der Waals surface area contributed by atoms with Crippen molar-refractivity contribution in [3.05, 3.63) is 89.5 Å². The van der Waals surface area contributed by atoms with Gasteiger partial charge in [0.05, 0.1) is 0 Å². The zero-order chi connectivity index (χ0) is 18.6. The van der Waals surface area contributed by atoms with Crippen molar-refractivity contribution in [3.63, 3.8) is 0 Å². The molecule has 0 unspecified atom stereocenters. The van der Waals surface area contributed by atoms with E-state index in [4.69, 9.17) is 9.84 Å². The summed E-state index contributed by atoms with van der Waals surface area (Å²) in [5.41, 5.74) is 6.51. The van der Waals surface area contributed by atoms with E-state index in [0.29, 0.717) is 18.7 Å². The Morgan fingerprint density at radius 2 is 1.48 bits per heavy atom. The second-order valence-electron chi connectivity index (χ2n) is 6.62. The van der Waals surface area contributed by atoms with Crippen LogP contribution in [-0.4, -0.2) is 24.4 Å². The molecule has 0 bridgehead atoms. The minimum absolute atomic E-state index is 0.0510. The van der Waals surface area contributed by atoms with Crippen molar-refractivity contribution < 1.29 is 14.6 Å². The van der Waals surface area contributed by atoms with Crippen LogP contribution in [0.25, 0.3) is 11.1 Å². The van der Waals surface area contributed by atoms with E-state index in [1.165, 1.54) is 22.3 Å². The van der Waals surface area contributed by atoms with E-state index in [0.717, 1.165) is 5.56 Å². The summed E-state index contributed by atoms with van der Waals surface area (Å²) in [4.78, 5) is 12.2. The Morgan fingerprint density at radius 1 is 0.889 bits per heavy atom. The Labute approximate surface area is 158 Å². The van der Waals surface area contributed by atoms with Crippen LogP contribution in [0.5, 0.6) is 0 Å². The van der Waals surface area contributed by atoms with Crippen LogP contribution in [0.2, 0.25) is 0 Å². The molecule has 4 rings (SSSR count). The summed E-state index contributed by atoms with van der Waals surface area (Å²) in [6.45, 7) is 0.404. The van der Waals surface area contributed by atoms with Gasteiger partial charge in [-0.15, -0.1) is 0 Å². The Kier molecular flexibility index (Phi) is 4.90. The lowest BCUT2D eigenvalue weighted by Crippen LogP contribution is -2.17. The molecule has 3 aromatic carbocycles. The van der Waals surface area contributed by atoms with Crippen molar-refractivity contribution in [2.75, 3.05) is 18.5 Å². The smallest absolute Gasteiger partial charge is 0.411 e. The standard InChI is InChI=1S/C23H21NO3/c25-14-13-16-9-11-17(12-10-16)24-23(26)27-15-22-20-7-3-1-5-18(20)19-6-2-4-8-21(19)22/h1-12,22,25H,13-15H2,(H,24,26). The van der Waals surface area contributed by atoms with Gasteiger partial charge in [0.2, 0.25) is 0 Å². The average molecular weight is 359 g/mol. The van der Waals surface area contributed by atoms with Crippen molar-refractivity contribution in [1.29, 1.82) is 0 Å². The van der Waals surface area contributed by atoms with Gasteiger partial charge in [0.25, 0.3) is 0 Å². The number of ether oxygens (including phenoxy) is 1. The molecule has 1 amide bonds. The molecule has 0 heterocycles. The number of nitrogens with one attached hydrogen (secondary N) is 1. The van der Waals surface area contributed by atoms with E-state index in [1.807, 2.05) is 48.5 Å². The molecule has 0 fully saturated rings. The molecule has 2 N–H and O–H groups in total. The molecule has 0 aromatic heterocycles. The van der Waals surface area contributed by atoms with E-state index in [-0.39, 0.29) is 12.5 Å². The van der Waals surface area contributed by atoms with E-state index in [1.54, 1.807) is 0 Å². The molecular formula is C23H21NO3. The largest absolute Gasteiger partial charge is 0.448 e. The van der Waals surface area contributed by atoms with E-state index in [9.17, 15) is 4.79 Å². The number of benzene rings is 3. The van der Waals surface area contributed by atoms with Crippen molar-refractivity contribution in [1.82, 2.24) is 0 Å². The summed E-state index contributed by atoms with van der Waals surface area (Å²) in [6.07, 6.45) is 0.136. The third kappa shape index (κ3) is 3.57. The highest BCUT2D eigenvalue weighted by Gasteiger charge is 2.28. The number of hydrogen-bond acceptors (Lipinski definition) is 3. The summed E-state index contributed by atoms with van der Waals surface area (Å²) in [5.74, 6) is 0.0510. The first-order valence-corrected chi connectivity index (χ1v) is 9.08. The van der Waals surface area contributed by atoms with Crippen molar-refractivity contribution in [2.45, 2.75) is 12.3 Å². The molecule has 4 heteroatoms. The molecule has 0 spiro atoms. The van der Waals surface area contributed by atoms with Crippen LogP contribution in [-0.2, 0) is 11.2 Å². The number of amides is 1. The monoisotopic (exact) mass is 359 g/mol. The first-order chi connectivity index (χ1) is 13.3. The molecule has 0 saturated carbocycles. The van der Waals surface area contributed by atoms with Crippen LogP contribution in [0.3, 0.4) is 0 Å². The van der Waals surface area contributed by atoms with Gasteiger partial charge in [-0.1, -0.05) is 60.7 Å². The molecule has 0 saturated heterocycles. The van der Waals surface area contributed by atoms with Crippen LogP contribution >= 0.6 is 0 Å². The van der Waals surface area contributed by atoms with Gasteiger partial charge in [-0.05, 0) is 46.4 Å². The van der Waals surface area contributed by atoms with Gasteiger partial charge >= 0.3 is 6.09 Å². The normalized spacial score (nSPS) is 12.3. The highest BCUT2D eigenvalue weighted by atomic mass is 16.5. The molecule has 3 aromatic rings. The van der Waals surface area contributed by atoms with Crippen LogP contribution < -0.4 is 5.32 Å². The number of rotatable bonds is 5. The zero-order valence-corrected chi connectivity index (χ0v) is 14.9. The maximum Gasteiger partial charge on any atom is 0.411 e.